The fourth-order valence-electron chi connectivity index (χ4n) is 8.74. The fraction of sp³-hybridized carbons (Fsp3) is 0. The Morgan fingerprint density at radius 2 is 0.927 bits per heavy atom. The van der Waals surface area contributed by atoms with Gasteiger partial charge in [0.15, 0.2) is 5.69 Å². The smallest absolute Gasteiger partial charge is 0.189 e. The minimum absolute atomic E-state index is 0.565. The van der Waals surface area contributed by atoms with Crippen LogP contribution in [0.3, 0.4) is 0 Å². The summed E-state index contributed by atoms with van der Waals surface area (Å²) in [5.41, 5.74) is 12.5. The van der Waals surface area contributed by atoms with E-state index in [2.05, 4.69) is 152 Å². The summed E-state index contributed by atoms with van der Waals surface area (Å²) in [7, 11) is 0. The molecule has 0 saturated heterocycles. The van der Waals surface area contributed by atoms with Crippen LogP contribution in [0.4, 0.5) is 5.69 Å². The summed E-state index contributed by atoms with van der Waals surface area (Å²) in [6.45, 7) is 7.66. The molecule has 3 heterocycles. The van der Waals surface area contributed by atoms with Gasteiger partial charge in [-0.15, -0.1) is 0 Å². The van der Waals surface area contributed by atoms with Crippen molar-refractivity contribution < 1.29 is 0 Å². The molecule has 0 N–H and O–H groups in total. The average Bonchev–Trinajstić information content (AvgIpc) is 3.88. The molecule has 0 aliphatic heterocycles. The maximum Gasteiger partial charge on any atom is 0.189 e. The average molecular weight is 700 g/mol. The zero-order chi connectivity index (χ0) is 36.6. The van der Waals surface area contributed by atoms with Gasteiger partial charge in [0.05, 0.1) is 45.4 Å². The monoisotopic (exact) mass is 699 g/mol. The molecule has 0 bridgehead atoms. The largest absolute Gasteiger partial charge is 0.309 e. The lowest BCUT2D eigenvalue weighted by Crippen LogP contribution is -2.00. The van der Waals surface area contributed by atoms with E-state index in [0.717, 1.165) is 61.0 Å². The molecule has 0 atom stereocenters. The molecule has 0 radical (unpaired) electrons. The second-order valence-corrected chi connectivity index (χ2v) is 13.9. The Kier molecular flexibility index (Phi) is 6.61. The first kappa shape index (κ1) is 30.7. The molecule has 11 rings (SSSR count). The molecular formula is C50H29N5. The minimum Gasteiger partial charge on any atom is -0.309 e. The number of fused-ring (bicyclic) bond motifs is 9. The summed E-state index contributed by atoms with van der Waals surface area (Å²) in [4.78, 5) is 3.71. The van der Waals surface area contributed by atoms with Gasteiger partial charge < -0.3 is 13.7 Å². The van der Waals surface area contributed by atoms with Crippen LogP contribution in [0.15, 0.2) is 176 Å². The summed E-state index contributed by atoms with van der Waals surface area (Å²) in [5.74, 6) is 0. The van der Waals surface area contributed by atoms with Crippen molar-refractivity contribution in [1.29, 1.82) is 5.26 Å². The second-order valence-electron chi connectivity index (χ2n) is 13.9. The lowest BCUT2D eigenvalue weighted by molar-refractivity contribution is 1.16. The molecule has 8 aromatic carbocycles. The van der Waals surface area contributed by atoms with Crippen LogP contribution in [-0.4, -0.2) is 13.7 Å². The second kappa shape index (κ2) is 11.8. The highest BCUT2D eigenvalue weighted by atomic mass is 15.0. The van der Waals surface area contributed by atoms with Crippen LogP contribution < -0.4 is 0 Å². The zero-order valence-corrected chi connectivity index (χ0v) is 29.5. The third-order valence-electron chi connectivity index (χ3n) is 11.1. The Hall–Kier alpha value is -7.86. The van der Waals surface area contributed by atoms with Crippen molar-refractivity contribution in [3.8, 4) is 34.3 Å². The van der Waals surface area contributed by atoms with Crippen LogP contribution in [0, 0.1) is 17.9 Å². The van der Waals surface area contributed by atoms with Crippen molar-refractivity contribution in [3.05, 3.63) is 193 Å². The predicted octanol–water partition coefficient (Wildman–Crippen LogP) is 13.1. The van der Waals surface area contributed by atoms with Crippen molar-refractivity contribution in [2.45, 2.75) is 0 Å². The summed E-state index contributed by atoms with van der Waals surface area (Å²) >= 11 is 0. The third kappa shape index (κ3) is 4.45. The lowest BCUT2D eigenvalue weighted by atomic mass is 9.98. The molecule has 0 unspecified atom stereocenters. The first-order valence-electron chi connectivity index (χ1n) is 18.3. The lowest BCUT2D eigenvalue weighted by Gasteiger charge is -2.14. The van der Waals surface area contributed by atoms with Crippen molar-refractivity contribution in [2.75, 3.05) is 0 Å². The van der Waals surface area contributed by atoms with E-state index in [1.807, 2.05) is 48.5 Å². The van der Waals surface area contributed by atoms with E-state index in [4.69, 9.17) is 6.57 Å². The van der Waals surface area contributed by atoms with Gasteiger partial charge in [-0.1, -0.05) is 109 Å². The molecule has 5 nitrogen and oxygen atoms in total. The number of hydrogen-bond donors (Lipinski definition) is 0. The molecule has 0 spiro atoms. The van der Waals surface area contributed by atoms with E-state index >= 15 is 0 Å². The van der Waals surface area contributed by atoms with Gasteiger partial charge in [0, 0.05) is 54.8 Å². The van der Waals surface area contributed by atoms with Crippen molar-refractivity contribution in [2.24, 2.45) is 0 Å². The third-order valence-corrected chi connectivity index (χ3v) is 11.1. The number of rotatable bonds is 4. The standard InChI is InChI=1S/C50H29N5/c1-52-33-23-27-41-39-13-4-9-19-47(39)55(50(41)29-33)48-20-10-15-36(43(48)31-51)32-21-24-34(25-22-32)53-46-18-8-5-14-40(46)42-30-35(26-28-49(42)53)54-44-16-6-2-11-37(44)38-12-3-7-17-45(38)54/h2-30H. The quantitative estimate of drug-likeness (QED) is 0.169. The summed E-state index contributed by atoms with van der Waals surface area (Å²) in [6.07, 6.45) is 0. The number of hydrogen-bond acceptors (Lipinski definition) is 1. The number of aromatic nitrogens is 3. The van der Waals surface area contributed by atoms with Crippen LogP contribution in [0.5, 0.6) is 0 Å². The summed E-state index contributed by atoms with van der Waals surface area (Å²) < 4.78 is 6.83. The summed E-state index contributed by atoms with van der Waals surface area (Å²) in [5, 5.41) is 17.7. The maximum atomic E-state index is 10.7. The molecule has 0 fully saturated rings. The Balaban J connectivity index is 1.05. The molecule has 0 amide bonds. The molecule has 0 aliphatic carbocycles. The molecule has 254 valence electrons. The molecule has 0 aliphatic rings. The highest BCUT2D eigenvalue weighted by molar-refractivity contribution is 6.13. The normalized spacial score (nSPS) is 11.6. The Labute approximate surface area is 316 Å². The summed E-state index contributed by atoms with van der Waals surface area (Å²) in [6, 6.07) is 63.8. The van der Waals surface area contributed by atoms with Gasteiger partial charge in [-0.25, -0.2) is 4.85 Å². The first-order chi connectivity index (χ1) is 27.2. The van der Waals surface area contributed by atoms with Crippen molar-refractivity contribution in [3.63, 3.8) is 0 Å². The van der Waals surface area contributed by atoms with Crippen LogP contribution in [-0.2, 0) is 0 Å². The van der Waals surface area contributed by atoms with Crippen LogP contribution >= 0.6 is 0 Å². The number of nitrogens with zero attached hydrogens (tertiary/aromatic N) is 5. The van der Waals surface area contributed by atoms with Crippen molar-refractivity contribution >= 4 is 71.1 Å². The van der Waals surface area contributed by atoms with Gasteiger partial charge >= 0.3 is 0 Å². The van der Waals surface area contributed by atoms with Crippen LogP contribution in [0.2, 0.25) is 0 Å². The van der Waals surface area contributed by atoms with Gasteiger partial charge in [-0.2, -0.15) is 5.26 Å². The molecule has 55 heavy (non-hydrogen) atoms. The molecule has 5 heteroatoms. The van der Waals surface area contributed by atoms with Gasteiger partial charge in [0.2, 0.25) is 0 Å². The molecular weight excluding hydrogens is 671 g/mol. The van der Waals surface area contributed by atoms with Crippen LogP contribution in [0.1, 0.15) is 5.56 Å². The first-order valence-corrected chi connectivity index (χ1v) is 18.3. The predicted molar refractivity (Wildman–Crippen MR) is 226 cm³/mol. The Bertz CT molecular complexity index is 3400. The maximum absolute atomic E-state index is 10.7. The number of nitriles is 1. The van der Waals surface area contributed by atoms with E-state index in [-0.39, 0.29) is 0 Å². The highest BCUT2D eigenvalue weighted by Gasteiger charge is 2.19. The fourth-order valence-corrected chi connectivity index (χ4v) is 8.74. The Morgan fingerprint density at radius 3 is 1.53 bits per heavy atom. The molecule has 0 saturated carbocycles. The SMILES string of the molecule is [C-]#[N+]c1ccc2c3ccccc3n(-c3cccc(-c4ccc(-n5c6ccccc6c6cc(-n7c8ccccc8c8ccccc87)ccc65)cc4)c3C#N)c2c1. The highest BCUT2D eigenvalue weighted by Crippen LogP contribution is 2.39. The van der Waals surface area contributed by atoms with Gasteiger partial charge in [0.25, 0.3) is 0 Å². The minimum atomic E-state index is 0.565. The van der Waals surface area contributed by atoms with Gasteiger partial charge in [-0.05, 0) is 72.3 Å². The Morgan fingerprint density at radius 1 is 0.418 bits per heavy atom. The van der Waals surface area contributed by atoms with E-state index in [9.17, 15) is 5.26 Å². The number of benzene rings is 8. The van der Waals surface area contributed by atoms with Gasteiger partial charge in [0.1, 0.15) is 6.07 Å². The van der Waals surface area contributed by atoms with Crippen LogP contribution in [0.25, 0.3) is 98.5 Å². The molecule has 11 aromatic rings. The van der Waals surface area contributed by atoms with Gasteiger partial charge in [-0.3, -0.25) is 0 Å². The number of para-hydroxylation sites is 4. The van der Waals surface area contributed by atoms with Crippen molar-refractivity contribution in [1.82, 2.24) is 13.7 Å². The topological polar surface area (TPSA) is 42.9 Å². The van der Waals surface area contributed by atoms with E-state index in [0.29, 0.717) is 11.3 Å². The van der Waals surface area contributed by atoms with E-state index < -0.39 is 0 Å². The molecule has 3 aromatic heterocycles. The van der Waals surface area contributed by atoms with E-state index in [1.54, 1.807) is 0 Å². The van der Waals surface area contributed by atoms with E-state index in [1.165, 1.54) is 32.6 Å². The zero-order valence-electron chi connectivity index (χ0n) is 29.5.